The summed E-state index contributed by atoms with van der Waals surface area (Å²) in [5, 5.41) is 3.17. The SMILES string of the molecule is CC1(Nc2ncc(Br)cc2F)CCOCC1. The number of nitrogens with zero attached hydrogens (tertiary/aromatic N) is 1. The number of nitrogens with one attached hydrogen (secondary N) is 1. The van der Waals surface area contributed by atoms with E-state index in [1.807, 2.05) is 0 Å². The van der Waals surface area contributed by atoms with Crippen LogP contribution in [0, 0.1) is 5.82 Å². The fourth-order valence-corrected chi connectivity index (χ4v) is 2.04. The largest absolute Gasteiger partial charge is 0.381 e. The fourth-order valence-electron chi connectivity index (χ4n) is 1.74. The van der Waals surface area contributed by atoms with E-state index in [-0.39, 0.29) is 11.4 Å². The molecule has 1 fully saturated rings. The molecule has 0 aromatic carbocycles. The zero-order valence-corrected chi connectivity index (χ0v) is 10.7. The molecule has 2 heterocycles. The zero-order valence-electron chi connectivity index (χ0n) is 9.09. The molecular weight excluding hydrogens is 275 g/mol. The van der Waals surface area contributed by atoms with Gasteiger partial charge in [-0.15, -0.1) is 0 Å². The van der Waals surface area contributed by atoms with Gasteiger partial charge < -0.3 is 10.1 Å². The highest BCUT2D eigenvalue weighted by Gasteiger charge is 2.28. The van der Waals surface area contributed by atoms with Gasteiger partial charge in [-0.25, -0.2) is 9.37 Å². The summed E-state index contributed by atoms with van der Waals surface area (Å²) in [6.45, 7) is 3.49. The molecule has 0 aliphatic carbocycles. The van der Waals surface area contributed by atoms with Gasteiger partial charge in [0.25, 0.3) is 0 Å². The molecule has 16 heavy (non-hydrogen) atoms. The molecule has 0 spiro atoms. The minimum Gasteiger partial charge on any atom is -0.381 e. The minimum absolute atomic E-state index is 0.125. The van der Waals surface area contributed by atoms with Crippen LogP contribution >= 0.6 is 15.9 Å². The summed E-state index contributed by atoms with van der Waals surface area (Å²) in [5.74, 6) is -0.0188. The van der Waals surface area contributed by atoms with Crippen LogP contribution < -0.4 is 5.32 Å². The predicted molar refractivity (Wildman–Crippen MR) is 64.0 cm³/mol. The van der Waals surface area contributed by atoms with Crippen molar-refractivity contribution in [1.29, 1.82) is 0 Å². The quantitative estimate of drug-likeness (QED) is 0.909. The second kappa shape index (κ2) is 4.67. The lowest BCUT2D eigenvalue weighted by Crippen LogP contribution is -2.41. The zero-order chi connectivity index (χ0) is 11.6. The average molecular weight is 289 g/mol. The Kier molecular flexibility index (Phi) is 3.44. The van der Waals surface area contributed by atoms with Crippen molar-refractivity contribution in [3.05, 3.63) is 22.6 Å². The molecule has 0 unspecified atom stereocenters. The topological polar surface area (TPSA) is 34.2 Å². The molecule has 5 heteroatoms. The Bertz CT molecular complexity index is 380. The second-order valence-electron chi connectivity index (χ2n) is 4.28. The molecule has 1 aliphatic heterocycles. The van der Waals surface area contributed by atoms with Crippen LogP contribution in [-0.2, 0) is 4.74 Å². The third kappa shape index (κ3) is 2.71. The van der Waals surface area contributed by atoms with Gasteiger partial charge in [0, 0.05) is 29.4 Å². The molecule has 0 saturated carbocycles. The van der Waals surface area contributed by atoms with E-state index < -0.39 is 0 Å². The van der Waals surface area contributed by atoms with Gasteiger partial charge in [-0.05, 0) is 41.8 Å². The average Bonchev–Trinajstić information content (AvgIpc) is 2.23. The van der Waals surface area contributed by atoms with Crippen LogP contribution in [0.15, 0.2) is 16.7 Å². The van der Waals surface area contributed by atoms with Crippen LogP contribution in [0.2, 0.25) is 0 Å². The van der Waals surface area contributed by atoms with Crippen molar-refractivity contribution < 1.29 is 9.13 Å². The molecule has 3 nitrogen and oxygen atoms in total. The van der Waals surface area contributed by atoms with Gasteiger partial charge in [0.05, 0.1) is 0 Å². The molecule has 1 aromatic heterocycles. The van der Waals surface area contributed by atoms with E-state index >= 15 is 0 Å². The highest BCUT2D eigenvalue weighted by molar-refractivity contribution is 9.10. The van der Waals surface area contributed by atoms with Gasteiger partial charge in [0.15, 0.2) is 11.6 Å². The van der Waals surface area contributed by atoms with E-state index in [0.29, 0.717) is 23.5 Å². The van der Waals surface area contributed by atoms with Crippen molar-refractivity contribution in [2.75, 3.05) is 18.5 Å². The summed E-state index contributed by atoms with van der Waals surface area (Å²) in [4.78, 5) is 4.04. The first-order chi connectivity index (χ1) is 7.59. The van der Waals surface area contributed by atoms with Crippen molar-refractivity contribution in [3.8, 4) is 0 Å². The molecule has 88 valence electrons. The smallest absolute Gasteiger partial charge is 0.166 e. The van der Waals surface area contributed by atoms with Crippen LogP contribution in [0.4, 0.5) is 10.2 Å². The summed E-state index contributed by atoms with van der Waals surface area (Å²) in [6, 6.07) is 1.41. The van der Waals surface area contributed by atoms with Gasteiger partial charge >= 0.3 is 0 Å². The Morgan fingerprint density at radius 1 is 1.50 bits per heavy atom. The number of halogens is 2. The normalized spacial score (nSPS) is 19.4. The van der Waals surface area contributed by atoms with E-state index in [1.165, 1.54) is 6.07 Å². The van der Waals surface area contributed by atoms with E-state index in [2.05, 4.69) is 33.2 Å². The van der Waals surface area contributed by atoms with Crippen molar-refractivity contribution >= 4 is 21.7 Å². The van der Waals surface area contributed by atoms with E-state index in [4.69, 9.17) is 4.74 Å². The molecule has 1 N–H and O–H groups in total. The standard InChI is InChI=1S/C11H14BrFN2O/c1-11(2-4-16-5-3-11)15-10-9(13)6-8(12)7-14-10/h6-7H,2-5H2,1H3,(H,14,15). The minimum atomic E-state index is -0.331. The lowest BCUT2D eigenvalue weighted by molar-refractivity contribution is 0.0656. The Balaban J connectivity index is 2.13. The number of hydrogen-bond acceptors (Lipinski definition) is 3. The number of pyridine rings is 1. The number of hydrogen-bond donors (Lipinski definition) is 1. The van der Waals surface area contributed by atoms with Crippen molar-refractivity contribution in [2.45, 2.75) is 25.3 Å². The Labute approximate surface area is 103 Å². The second-order valence-corrected chi connectivity index (χ2v) is 5.20. The maximum absolute atomic E-state index is 13.6. The third-order valence-corrected chi connectivity index (χ3v) is 3.26. The Morgan fingerprint density at radius 3 is 2.81 bits per heavy atom. The molecule has 0 atom stereocenters. The lowest BCUT2D eigenvalue weighted by Gasteiger charge is -2.34. The number of anilines is 1. The Hall–Kier alpha value is -0.680. The molecule has 0 amide bonds. The first kappa shape index (κ1) is 11.8. The first-order valence-corrected chi connectivity index (χ1v) is 6.05. The molecule has 1 aliphatic rings. The van der Waals surface area contributed by atoms with E-state index in [1.54, 1.807) is 6.20 Å². The molecular formula is C11H14BrFN2O. The third-order valence-electron chi connectivity index (χ3n) is 2.82. The van der Waals surface area contributed by atoms with Gasteiger partial charge in [-0.3, -0.25) is 0 Å². The van der Waals surface area contributed by atoms with Crippen LogP contribution in [0.25, 0.3) is 0 Å². The summed E-state index contributed by atoms with van der Waals surface area (Å²) in [7, 11) is 0. The summed E-state index contributed by atoms with van der Waals surface area (Å²) in [6.07, 6.45) is 3.32. The van der Waals surface area contributed by atoms with E-state index in [9.17, 15) is 4.39 Å². The first-order valence-electron chi connectivity index (χ1n) is 5.26. The fraction of sp³-hybridized carbons (Fsp3) is 0.545. The number of rotatable bonds is 2. The van der Waals surface area contributed by atoms with Crippen molar-refractivity contribution in [2.24, 2.45) is 0 Å². The maximum atomic E-state index is 13.6. The van der Waals surface area contributed by atoms with Gasteiger partial charge in [-0.2, -0.15) is 0 Å². The van der Waals surface area contributed by atoms with E-state index in [0.717, 1.165) is 12.8 Å². The van der Waals surface area contributed by atoms with Crippen LogP contribution in [0.3, 0.4) is 0 Å². The van der Waals surface area contributed by atoms with Crippen molar-refractivity contribution in [1.82, 2.24) is 4.98 Å². The Morgan fingerprint density at radius 2 is 2.19 bits per heavy atom. The maximum Gasteiger partial charge on any atom is 0.166 e. The van der Waals surface area contributed by atoms with Crippen LogP contribution in [-0.4, -0.2) is 23.7 Å². The predicted octanol–water partition coefficient (Wildman–Crippen LogP) is 2.96. The van der Waals surface area contributed by atoms with Crippen LogP contribution in [0.5, 0.6) is 0 Å². The summed E-state index contributed by atoms with van der Waals surface area (Å²) < 4.78 is 19.5. The van der Waals surface area contributed by atoms with Crippen LogP contribution in [0.1, 0.15) is 19.8 Å². The van der Waals surface area contributed by atoms with Gasteiger partial charge in [0.2, 0.25) is 0 Å². The molecule has 2 rings (SSSR count). The summed E-state index contributed by atoms with van der Waals surface area (Å²) >= 11 is 3.18. The highest BCUT2D eigenvalue weighted by Crippen LogP contribution is 2.26. The molecule has 0 bridgehead atoms. The number of aromatic nitrogens is 1. The lowest BCUT2D eigenvalue weighted by atomic mass is 9.92. The van der Waals surface area contributed by atoms with Gasteiger partial charge in [0.1, 0.15) is 0 Å². The highest BCUT2D eigenvalue weighted by atomic mass is 79.9. The van der Waals surface area contributed by atoms with Gasteiger partial charge in [-0.1, -0.05) is 0 Å². The van der Waals surface area contributed by atoms with Crippen molar-refractivity contribution in [3.63, 3.8) is 0 Å². The monoisotopic (exact) mass is 288 g/mol. The molecule has 1 saturated heterocycles. The number of ether oxygens (including phenoxy) is 1. The summed E-state index contributed by atoms with van der Waals surface area (Å²) in [5.41, 5.74) is -0.125. The molecule has 1 aromatic rings. The molecule has 0 radical (unpaired) electrons.